The summed E-state index contributed by atoms with van der Waals surface area (Å²) < 4.78 is 43.7. The van der Waals surface area contributed by atoms with Gasteiger partial charge in [0.05, 0.1) is 12.7 Å². The smallest absolute Gasteiger partial charge is 0.417 e. The standard InChI is InChI=1S/C11H7ClF3N3O/c1-19-9-8(17-5-18-10(9)12)6-4-16-3-2-7(6)11(13,14)15/h2-5H,1H3. The summed E-state index contributed by atoms with van der Waals surface area (Å²) in [6.45, 7) is 0. The zero-order chi connectivity index (χ0) is 14.0. The number of ether oxygens (including phenoxy) is 1. The van der Waals surface area contributed by atoms with E-state index in [1.165, 1.54) is 7.11 Å². The minimum absolute atomic E-state index is 0.0253. The highest BCUT2D eigenvalue weighted by molar-refractivity contribution is 6.31. The summed E-state index contributed by atoms with van der Waals surface area (Å²) in [6.07, 6.45) is -1.35. The second kappa shape index (κ2) is 5.00. The molecule has 0 spiro atoms. The van der Waals surface area contributed by atoms with Gasteiger partial charge in [0, 0.05) is 18.0 Å². The van der Waals surface area contributed by atoms with Crippen LogP contribution in [0, 0.1) is 0 Å². The fraction of sp³-hybridized carbons (Fsp3) is 0.182. The maximum atomic E-state index is 12.9. The third-order valence-corrected chi connectivity index (χ3v) is 2.62. The van der Waals surface area contributed by atoms with Gasteiger partial charge >= 0.3 is 6.18 Å². The van der Waals surface area contributed by atoms with Crippen LogP contribution in [0.3, 0.4) is 0 Å². The van der Waals surface area contributed by atoms with Gasteiger partial charge in [0.25, 0.3) is 0 Å². The van der Waals surface area contributed by atoms with Gasteiger partial charge in [0.1, 0.15) is 12.0 Å². The Balaban J connectivity index is 2.70. The predicted molar refractivity (Wildman–Crippen MR) is 61.8 cm³/mol. The molecule has 0 aliphatic carbocycles. The van der Waals surface area contributed by atoms with Crippen molar-refractivity contribution in [2.24, 2.45) is 0 Å². The quantitative estimate of drug-likeness (QED) is 0.797. The Hall–Kier alpha value is -1.89. The van der Waals surface area contributed by atoms with Gasteiger partial charge in [-0.25, -0.2) is 9.97 Å². The normalized spacial score (nSPS) is 11.4. The number of hydrogen-bond acceptors (Lipinski definition) is 4. The topological polar surface area (TPSA) is 47.9 Å². The molecule has 0 aromatic carbocycles. The highest BCUT2D eigenvalue weighted by Crippen LogP contribution is 2.40. The van der Waals surface area contributed by atoms with Crippen molar-refractivity contribution in [3.05, 3.63) is 35.5 Å². The number of aromatic nitrogens is 3. The number of hydrogen-bond donors (Lipinski definition) is 0. The van der Waals surface area contributed by atoms with Crippen LogP contribution in [0.25, 0.3) is 11.3 Å². The molecular weight excluding hydrogens is 283 g/mol. The molecule has 0 saturated heterocycles. The van der Waals surface area contributed by atoms with Crippen LogP contribution >= 0.6 is 11.6 Å². The van der Waals surface area contributed by atoms with Crippen molar-refractivity contribution in [2.45, 2.75) is 6.18 Å². The molecule has 8 heteroatoms. The molecule has 100 valence electrons. The van der Waals surface area contributed by atoms with Crippen LogP contribution in [0.4, 0.5) is 13.2 Å². The number of halogens is 4. The minimum Gasteiger partial charge on any atom is -0.491 e. The average molecular weight is 290 g/mol. The van der Waals surface area contributed by atoms with Crippen molar-refractivity contribution in [1.82, 2.24) is 15.0 Å². The first-order valence-corrected chi connectivity index (χ1v) is 5.39. The van der Waals surface area contributed by atoms with E-state index in [2.05, 4.69) is 15.0 Å². The Bertz CT molecular complexity index is 604. The predicted octanol–water partition coefficient (Wildman–Crippen LogP) is 3.22. The van der Waals surface area contributed by atoms with E-state index in [0.29, 0.717) is 0 Å². The van der Waals surface area contributed by atoms with E-state index in [9.17, 15) is 13.2 Å². The fourth-order valence-corrected chi connectivity index (χ4v) is 1.77. The molecule has 2 heterocycles. The van der Waals surface area contributed by atoms with Gasteiger partial charge in [-0.2, -0.15) is 13.2 Å². The zero-order valence-corrected chi connectivity index (χ0v) is 10.3. The summed E-state index contributed by atoms with van der Waals surface area (Å²) >= 11 is 5.77. The molecule has 19 heavy (non-hydrogen) atoms. The maximum Gasteiger partial charge on any atom is 0.417 e. The highest BCUT2D eigenvalue weighted by atomic mass is 35.5. The summed E-state index contributed by atoms with van der Waals surface area (Å²) in [5.41, 5.74) is -1.13. The Kier molecular flexibility index (Phi) is 3.57. The molecule has 0 bridgehead atoms. The van der Waals surface area contributed by atoms with Crippen LogP contribution in [0.15, 0.2) is 24.8 Å². The summed E-state index contributed by atoms with van der Waals surface area (Å²) in [5.74, 6) is -0.0253. The lowest BCUT2D eigenvalue weighted by atomic mass is 10.1. The molecule has 2 aromatic rings. The van der Waals surface area contributed by atoms with Crippen molar-refractivity contribution in [1.29, 1.82) is 0 Å². The van der Waals surface area contributed by atoms with Crippen LogP contribution in [-0.4, -0.2) is 22.1 Å². The number of nitrogens with zero attached hydrogens (tertiary/aromatic N) is 3. The first kappa shape index (κ1) is 13.5. The fourth-order valence-electron chi connectivity index (χ4n) is 1.56. The van der Waals surface area contributed by atoms with Crippen LogP contribution in [0.5, 0.6) is 5.75 Å². The molecule has 0 aliphatic heterocycles. The van der Waals surface area contributed by atoms with Crippen molar-refractivity contribution < 1.29 is 17.9 Å². The highest BCUT2D eigenvalue weighted by Gasteiger charge is 2.35. The monoisotopic (exact) mass is 289 g/mol. The Morgan fingerprint density at radius 3 is 2.63 bits per heavy atom. The second-order valence-electron chi connectivity index (χ2n) is 3.47. The van der Waals surface area contributed by atoms with Gasteiger partial charge in [-0.15, -0.1) is 0 Å². The van der Waals surface area contributed by atoms with Crippen molar-refractivity contribution in [2.75, 3.05) is 7.11 Å². The third kappa shape index (κ3) is 2.60. The van der Waals surface area contributed by atoms with E-state index >= 15 is 0 Å². The molecule has 4 nitrogen and oxygen atoms in total. The number of alkyl halides is 3. The van der Waals surface area contributed by atoms with Crippen molar-refractivity contribution in [3.63, 3.8) is 0 Å². The molecule has 0 N–H and O–H groups in total. The molecule has 0 fully saturated rings. The molecule has 2 aromatic heterocycles. The van der Waals surface area contributed by atoms with Crippen LogP contribution in [-0.2, 0) is 6.18 Å². The SMILES string of the molecule is COc1c(Cl)ncnc1-c1cnccc1C(F)(F)F. The summed E-state index contributed by atoms with van der Waals surface area (Å²) in [6, 6.07) is 0.866. The van der Waals surface area contributed by atoms with Gasteiger partial charge in [0.15, 0.2) is 10.9 Å². The molecule has 0 unspecified atom stereocenters. The van der Waals surface area contributed by atoms with Crippen LogP contribution in [0.1, 0.15) is 5.56 Å². The largest absolute Gasteiger partial charge is 0.491 e. The maximum absolute atomic E-state index is 12.9. The van der Waals surface area contributed by atoms with Crippen molar-refractivity contribution in [3.8, 4) is 17.0 Å². The lowest BCUT2D eigenvalue weighted by Gasteiger charge is -2.13. The van der Waals surface area contributed by atoms with Gasteiger partial charge in [-0.05, 0) is 6.07 Å². The van der Waals surface area contributed by atoms with E-state index in [1.54, 1.807) is 0 Å². The van der Waals surface area contributed by atoms with Gasteiger partial charge < -0.3 is 4.74 Å². The lowest BCUT2D eigenvalue weighted by molar-refractivity contribution is -0.137. The first-order chi connectivity index (χ1) is 8.95. The Morgan fingerprint density at radius 1 is 1.26 bits per heavy atom. The zero-order valence-electron chi connectivity index (χ0n) is 9.57. The first-order valence-electron chi connectivity index (χ1n) is 5.01. The number of methoxy groups -OCH3 is 1. The van der Waals surface area contributed by atoms with E-state index in [1.807, 2.05) is 0 Å². The van der Waals surface area contributed by atoms with Crippen LogP contribution < -0.4 is 4.74 Å². The summed E-state index contributed by atoms with van der Waals surface area (Å²) in [5, 5.41) is -0.0653. The van der Waals surface area contributed by atoms with E-state index < -0.39 is 11.7 Å². The van der Waals surface area contributed by atoms with Gasteiger partial charge in [-0.3, -0.25) is 4.98 Å². The van der Waals surface area contributed by atoms with E-state index in [4.69, 9.17) is 16.3 Å². The molecule has 0 aliphatic rings. The minimum atomic E-state index is -4.53. The Labute approximate surface area is 111 Å². The average Bonchev–Trinajstić information content (AvgIpc) is 2.37. The molecule has 2 rings (SSSR count). The van der Waals surface area contributed by atoms with Gasteiger partial charge in [0.2, 0.25) is 0 Å². The molecule has 0 saturated carbocycles. The molecular formula is C11H7ClF3N3O. The number of pyridine rings is 1. The van der Waals surface area contributed by atoms with Crippen LogP contribution in [0.2, 0.25) is 5.15 Å². The third-order valence-electron chi connectivity index (χ3n) is 2.35. The molecule has 0 radical (unpaired) electrons. The van der Waals surface area contributed by atoms with E-state index in [-0.39, 0.29) is 22.2 Å². The van der Waals surface area contributed by atoms with Gasteiger partial charge in [-0.1, -0.05) is 11.6 Å². The van der Waals surface area contributed by atoms with E-state index in [0.717, 1.165) is 24.8 Å². The number of rotatable bonds is 2. The summed E-state index contributed by atoms with van der Waals surface area (Å²) in [4.78, 5) is 11.1. The lowest BCUT2D eigenvalue weighted by Crippen LogP contribution is -2.08. The van der Waals surface area contributed by atoms with Crippen molar-refractivity contribution >= 4 is 11.6 Å². The second-order valence-corrected chi connectivity index (χ2v) is 3.82. The summed E-state index contributed by atoms with van der Waals surface area (Å²) in [7, 11) is 1.28. The molecule has 0 atom stereocenters. The Morgan fingerprint density at radius 2 is 2.00 bits per heavy atom. The molecule has 0 amide bonds.